The lowest BCUT2D eigenvalue weighted by Crippen LogP contribution is -2.26. The Kier molecular flexibility index (Phi) is 3.36. The maximum absolute atomic E-state index is 10.6. The molecule has 3 heteroatoms. The van der Waals surface area contributed by atoms with E-state index in [0.717, 1.165) is 35.1 Å². The van der Waals surface area contributed by atoms with E-state index in [2.05, 4.69) is 15.9 Å². The molecule has 1 atom stereocenters. The van der Waals surface area contributed by atoms with Gasteiger partial charge >= 0.3 is 0 Å². The van der Waals surface area contributed by atoms with Gasteiger partial charge in [0.2, 0.25) is 0 Å². The number of hydrogen-bond acceptors (Lipinski definition) is 2. The molecular formula is C13H15BrO2. The van der Waals surface area contributed by atoms with Gasteiger partial charge in [-0.15, -0.1) is 0 Å². The molecule has 2 nitrogen and oxygen atoms in total. The van der Waals surface area contributed by atoms with Crippen molar-refractivity contribution in [2.75, 3.05) is 6.61 Å². The van der Waals surface area contributed by atoms with Crippen LogP contribution in [0.25, 0.3) is 0 Å². The van der Waals surface area contributed by atoms with Crippen molar-refractivity contribution in [3.8, 4) is 0 Å². The van der Waals surface area contributed by atoms with Crippen LogP contribution < -0.4 is 0 Å². The van der Waals surface area contributed by atoms with Crippen LogP contribution in [0.5, 0.6) is 0 Å². The van der Waals surface area contributed by atoms with Gasteiger partial charge in [-0.2, -0.15) is 0 Å². The molecule has 1 aromatic carbocycles. The summed E-state index contributed by atoms with van der Waals surface area (Å²) in [5.74, 6) is 0. The van der Waals surface area contributed by atoms with Crippen LogP contribution in [0.1, 0.15) is 25.3 Å². The van der Waals surface area contributed by atoms with E-state index < -0.39 is 5.60 Å². The molecule has 1 aliphatic rings. The molecule has 0 saturated carbocycles. The summed E-state index contributed by atoms with van der Waals surface area (Å²) in [5, 5.41) is 10.6. The van der Waals surface area contributed by atoms with Gasteiger partial charge in [-0.3, -0.25) is 0 Å². The van der Waals surface area contributed by atoms with Crippen LogP contribution in [0, 0.1) is 0 Å². The number of aliphatic hydroxyl groups is 1. The molecule has 86 valence electrons. The molecular weight excluding hydrogens is 268 g/mol. The maximum Gasteiger partial charge on any atom is 0.111 e. The first-order valence-corrected chi connectivity index (χ1v) is 6.19. The molecule has 1 N–H and O–H groups in total. The summed E-state index contributed by atoms with van der Waals surface area (Å²) < 4.78 is 6.26. The third-order valence-corrected chi connectivity index (χ3v) is 3.44. The number of ether oxygens (including phenoxy) is 1. The fourth-order valence-corrected chi connectivity index (χ4v) is 2.30. The summed E-state index contributed by atoms with van der Waals surface area (Å²) in [7, 11) is 0. The molecule has 1 aromatic rings. The highest BCUT2D eigenvalue weighted by Gasteiger charge is 2.29. The molecule has 0 amide bonds. The van der Waals surface area contributed by atoms with E-state index in [1.54, 1.807) is 6.26 Å². The van der Waals surface area contributed by atoms with Gasteiger partial charge in [0.25, 0.3) is 0 Å². The minimum absolute atomic E-state index is 0.748. The van der Waals surface area contributed by atoms with E-state index in [4.69, 9.17) is 4.74 Å². The van der Waals surface area contributed by atoms with E-state index in [9.17, 15) is 5.11 Å². The number of hydrogen-bond donors (Lipinski definition) is 1. The summed E-state index contributed by atoms with van der Waals surface area (Å²) in [6.07, 6.45) is 3.56. The predicted molar refractivity (Wildman–Crippen MR) is 67.0 cm³/mol. The van der Waals surface area contributed by atoms with Gasteiger partial charge in [-0.05, 0) is 43.0 Å². The van der Waals surface area contributed by atoms with Crippen molar-refractivity contribution >= 4 is 15.9 Å². The lowest BCUT2D eigenvalue weighted by Gasteiger charge is -2.29. The second kappa shape index (κ2) is 4.60. The van der Waals surface area contributed by atoms with Gasteiger partial charge in [0, 0.05) is 4.47 Å². The summed E-state index contributed by atoms with van der Waals surface area (Å²) in [6.45, 7) is 2.56. The zero-order valence-corrected chi connectivity index (χ0v) is 10.8. The van der Waals surface area contributed by atoms with Gasteiger partial charge in [0.1, 0.15) is 5.60 Å². The van der Waals surface area contributed by atoms with Crippen LogP contribution in [0.3, 0.4) is 0 Å². The van der Waals surface area contributed by atoms with Crippen LogP contribution in [-0.2, 0) is 10.3 Å². The van der Waals surface area contributed by atoms with Gasteiger partial charge in [0.05, 0.1) is 12.9 Å². The Morgan fingerprint density at radius 1 is 1.44 bits per heavy atom. The minimum Gasteiger partial charge on any atom is -0.501 e. The smallest absolute Gasteiger partial charge is 0.111 e. The van der Waals surface area contributed by atoms with E-state index in [1.807, 2.05) is 31.2 Å². The Morgan fingerprint density at radius 2 is 2.25 bits per heavy atom. The first-order chi connectivity index (χ1) is 7.60. The average Bonchev–Trinajstić information content (AvgIpc) is 2.30. The quantitative estimate of drug-likeness (QED) is 0.902. The Bertz CT molecular complexity index is 410. The SMILES string of the molecule is CC(O)(C1=COCCC1)c1cccc(Br)c1. The third kappa shape index (κ3) is 2.30. The minimum atomic E-state index is -0.940. The molecule has 1 aliphatic heterocycles. The number of rotatable bonds is 2. The summed E-state index contributed by atoms with van der Waals surface area (Å²) >= 11 is 3.42. The number of halogens is 1. The summed E-state index contributed by atoms with van der Waals surface area (Å²) in [4.78, 5) is 0. The fraction of sp³-hybridized carbons (Fsp3) is 0.385. The lowest BCUT2D eigenvalue weighted by molar-refractivity contribution is 0.0785. The van der Waals surface area contributed by atoms with Crippen LogP contribution in [0.4, 0.5) is 0 Å². The summed E-state index contributed by atoms with van der Waals surface area (Å²) in [6, 6.07) is 7.75. The maximum atomic E-state index is 10.6. The van der Waals surface area contributed by atoms with Crippen LogP contribution in [-0.4, -0.2) is 11.7 Å². The van der Waals surface area contributed by atoms with Crippen molar-refractivity contribution in [1.82, 2.24) is 0 Å². The van der Waals surface area contributed by atoms with Crippen LogP contribution >= 0.6 is 15.9 Å². The Hall–Kier alpha value is -0.800. The van der Waals surface area contributed by atoms with E-state index in [0.29, 0.717) is 0 Å². The first kappa shape index (κ1) is 11.7. The molecule has 16 heavy (non-hydrogen) atoms. The van der Waals surface area contributed by atoms with Crippen molar-refractivity contribution in [3.05, 3.63) is 46.1 Å². The highest BCUT2D eigenvalue weighted by atomic mass is 79.9. The second-order valence-electron chi connectivity index (χ2n) is 4.20. The molecule has 0 radical (unpaired) electrons. The molecule has 0 saturated heterocycles. The van der Waals surface area contributed by atoms with Crippen molar-refractivity contribution < 1.29 is 9.84 Å². The van der Waals surface area contributed by atoms with Crippen molar-refractivity contribution in [2.45, 2.75) is 25.4 Å². The van der Waals surface area contributed by atoms with Gasteiger partial charge in [-0.25, -0.2) is 0 Å². The number of benzene rings is 1. The molecule has 0 aromatic heterocycles. The average molecular weight is 283 g/mol. The Labute approximate surface area is 104 Å². The fourth-order valence-electron chi connectivity index (χ4n) is 1.90. The van der Waals surface area contributed by atoms with Gasteiger partial charge in [0.15, 0.2) is 0 Å². The largest absolute Gasteiger partial charge is 0.501 e. The Balaban J connectivity index is 2.33. The molecule has 0 fully saturated rings. The van der Waals surface area contributed by atoms with Gasteiger partial charge < -0.3 is 9.84 Å². The molecule has 1 unspecified atom stereocenters. The molecule has 2 rings (SSSR count). The monoisotopic (exact) mass is 282 g/mol. The van der Waals surface area contributed by atoms with Crippen molar-refractivity contribution in [1.29, 1.82) is 0 Å². The normalized spacial score (nSPS) is 19.6. The topological polar surface area (TPSA) is 29.5 Å². The molecule has 0 aliphatic carbocycles. The van der Waals surface area contributed by atoms with Crippen molar-refractivity contribution in [2.24, 2.45) is 0 Å². The lowest BCUT2D eigenvalue weighted by atomic mass is 9.85. The molecule has 1 heterocycles. The Morgan fingerprint density at radius 3 is 2.88 bits per heavy atom. The predicted octanol–water partition coefficient (Wildman–Crippen LogP) is 3.35. The van der Waals surface area contributed by atoms with Gasteiger partial charge in [-0.1, -0.05) is 28.1 Å². The van der Waals surface area contributed by atoms with E-state index >= 15 is 0 Å². The van der Waals surface area contributed by atoms with Crippen molar-refractivity contribution in [3.63, 3.8) is 0 Å². The molecule has 0 bridgehead atoms. The van der Waals surface area contributed by atoms with Crippen LogP contribution in [0.15, 0.2) is 40.6 Å². The second-order valence-corrected chi connectivity index (χ2v) is 5.12. The highest BCUT2D eigenvalue weighted by molar-refractivity contribution is 9.10. The van der Waals surface area contributed by atoms with Crippen LogP contribution in [0.2, 0.25) is 0 Å². The highest BCUT2D eigenvalue weighted by Crippen LogP contribution is 2.34. The van der Waals surface area contributed by atoms with E-state index in [1.165, 1.54) is 0 Å². The standard InChI is InChI=1S/C13H15BrO2/c1-13(15,11-5-3-7-16-9-11)10-4-2-6-12(14)8-10/h2,4,6,8-9,15H,3,5,7H2,1H3. The van der Waals surface area contributed by atoms with E-state index in [-0.39, 0.29) is 0 Å². The zero-order valence-electron chi connectivity index (χ0n) is 9.24. The zero-order chi connectivity index (χ0) is 11.6. The summed E-state index contributed by atoms with van der Waals surface area (Å²) in [5.41, 5.74) is 0.889. The third-order valence-electron chi connectivity index (χ3n) is 2.95. The first-order valence-electron chi connectivity index (χ1n) is 5.40. The molecule has 0 spiro atoms.